The van der Waals surface area contributed by atoms with Crippen LogP contribution in [-0.4, -0.2) is 30.6 Å². The molecule has 4 saturated heterocycles. The van der Waals surface area contributed by atoms with Crippen molar-refractivity contribution in [2.45, 2.75) is 69.9 Å². The summed E-state index contributed by atoms with van der Waals surface area (Å²) in [4.78, 5) is 11.7. The smallest absolute Gasteiger partial charge is 0.201 e. The molecule has 1 spiro atoms. The van der Waals surface area contributed by atoms with Crippen LogP contribution < -0.4 is 0 Å². The summed E-state index contributed by atoms with van der Waals surface area (Å²) in [5, 5.41) is 0. The maximum absolute atomic E-state index is 6.19. The number of hydrogen-bond acceptors (Lipinski definition) is 5. The van der Waals surface area contributed by atoms with Crippen LogP contribution in [0.15, 0.2) is 0 Å². The van der Waals surface area contributed by atoms with Crippen LogP contribution in [0.3, 0.4) is 0 Å². The second kappa shape index (κ2) is 5.19. The molecule has 0 aromatic rings. The summed E-state index contributed by atoms with van der Waals surface area (Å²) in [5.74, 6) is 2.70. The van der Waals surface area contributed by atoms with Crippen LogP contribution in [-0.2, 0) is 24.0 Å². The summed E-state index contributed by atoms with van der Waals surface area (Å²) in [5.41, 5.74) is -0.496. The van der Waals surface area contributed by atoms with Gasteiger partial charge in [-0.2, -0.15) is 0 Å². The van der Waals surface area contributed by atoms with Gasteiger partial charge in [-0.1, -0.05) is 19.3 Å². The van der Waals surface area contributed by atoms with E-state index in [2.05, 4.69) is 12.8 Å². The summed E-state index contributed by atoms with van der Waals surface area (Å²) >= 11 is 0. The maximum atomic E-state index is 6.19. The van der Waals surface area contributed by atoms with Crippen molar-refractivity contribution < 1.29 is 24.0 Å². The third-order valence-electron chi connectivity index (χ3n) is 5.97. The minimum atomic E-state index is -0.727. The molecule has 0 amide bonds. The van der Waals surface area contributed by atoms with Gasteiger partial charge in [-0.25, -0.2) is 9.78 Å². The molecule has 0 aromatic heterocycles. The Morgan fingerprint density at radius 2 is 2.14 bits per heavy atom. The topological polar surface area (TPSA) is 46.2 Å². The number of hydrogen-bond donors (Lipinski definition) is 0. The first kappa shape index (κ1) is 14.9. The molecule has 0 aromatic carbocycles. The lowest BCUT2D eigenvalue weighted by Gasteiger charge is -2.58. The quantitative estimate of drug-likeness (QED) is 0.579. The van der Waals surface area contributed by atoms with Crippen molar-refractivity contribution in [3.05, 3.63) is 0 Å². The number of terminal acetylenes is 1. The predicted octanol–water partition coefficient (Wildman–Crippen LogP) is 2.60. The first-order chi connectivity index (χ1) is 10.6. The van der Waals surface area contributed by atoms with Gasteiger partial charge in [0, 0.05) is 18.3 Å². The van der Waals surface area contributed by atoms with Gasteiger partial charge in [-0.05, 0) is 32.1 Å². The number of fused-ring (bicyclic) bond motifs is 2. The number of ether oxygens (including phenoxy) is 3. The van der Waals surface area contributed by atoms with E-state index >= 15 is 0 Å². The molecule has 1 unspecified atom stereocenters. The predicted molar refractivity (Wildman–Crippen MR) is 77.1 cm³/mol. The number of rotatable bonds is 2. The standard InChI is InChI=1S/C17H24O5/c1-4-10-18-14-11(2)13-7-5-6-12-8-9-16(3)20-15(19-14)17(12,13)22-21-16/h1,11-15H,5-10H2,2-3H3/t11-,12-,13+,14-,15-,16?,17-/m1/s1. The van der Waals surface area contributed by atoms with Crippen molar-refractivity contribution in [1.82, 2.24) is 0 Å². The zero-order valence-corrected chi connectivity index (χ0v) is 13.2. The summed E-state index contributed by atoms with van der Waals surface area (Å²) in [7, 11) is 0. The van der Waals surface area contributed by atoms with Crippen molar-refractivity contribution in [2.24, 2.45) is 17.8 Å². The van der Waals surface area contributed by atoms with E-state index < -0.39 is 17.7 Å². The van der Waals surface area contributed by atoms with E-state index in [0.717, 1.165) is 25.7 Å². The van der Waals surface area contributed by atoms with Crippen LogP contribution in [0.1, 0.15) is 46.0 Å². The van der Waals surface area contributed by atoms with Crippen molar-refractivity contribution >= 4 is 0 Å². The van der Waals surface area contributed by atoms with Gasteiger partial charge in [0.25, 0.3) is 0 Å². The van der Waals surface area contributed by atoms with Crippen LogP contribution in [0.2, 0.25) is 0 Å². The average Bonchev–Trinajstić information content (AvgIpc) is 2.74. The fourth-order valence-electron chi connectivity index (χ4n) is 4.84. The lowest BCUT2D eigenvalue weighted by molar-refractivity contribution is -0.576. The minimum Gasteiger partial charge on any atom is -0.340 e. The van der Waals surface area contributed by atoms with E-state index in [0.29, 0.717) is 11.8 Å². The van der Waals surface area contributed by atoms with Crippen LogP contribution in [0.25, 0.3) is 0 Å². The zero-order valence-electron chi connectivity index (χ0n) is 13.2. The third-order valence-corrected chi connectivity index (χ3v) is 5.97. The highest BCUT2D eigenvalue weighted by atomic mass is 17.3. The molecular formula is C17H24O5. The maximum Gasteiger partial charge on any atom is 0.201 e. The first-order valence-corrected chi connectivity index (χ1v) is 8.34. The fraction of sp³-hybridized carbons (Fsp3) is 0.882. The van der Waals surface area contributed by atoms with E-state index in [4.69, 9.17) is 30.4 Å². The Bertz CT molecular complexity index is 488. The van der Waals surface area contributed by atoms with Gasteiger partial charge >= 0.3 is 0 Å². The van der Waals surface area contributed by atoms with E-state index in [9.17, 15) is 0 Å². The molecule has 1 saturated carbocycles. The van der Waals surface area contributed by atoms with E-state index in [-0.39, 0.29) is 18.8 Å². The summed E-state index contributed by atoms with van der Waals surface area (Å²) < 4.78 is 18.1. The van der Waals surface area contributed by atoms with Crippen LogP contribution in [0, 0.1) is 30.1 Å². The molecule has 0 radical (unpaired) electrons. The van der Waals surface area contributed by atoms with E-state index in [1.807, 2.05) is 6.92 Å². The van der Waals surface area contributed by atoms with Gasteiger partial charge in [-0.15, -0.1) is 6.42 Å². The molecular weight excluding hydrogens is 284 g/mol. The molecule has 4 aliphatic heterocycles. The molecule has 0 N–H and O–H groups in total. The van der Waals surface area contributed by atoms with Gasteiger partial charge < -0.3 is 14.2 Å². The van der Waals surface area contributed by atoms with Crippen molar-refractivity contribution in [3.8, 4) is 12.3 Å². The average molecular weight is 308 g/mol. The minimum absolute atomic E-state index is 0.196. The highest BCUT2D eigenvalue weighted by molar-refractivity contribution is 5.07. The second-order valence-corrected chi connectivity index (χ2v) is 7.26. The SMILES string of the molecule is C#CCO[C@@H]1O[C@@H]2OC3(C)CC[C@H]4CCC[C@@H]([C@H]1C)[C@]42OO3. The van der Waals surface area contributed by atoms with Gasteiger partial charge in [0.2, 0.25) is 5.79 Å². The van der Waals surface area contributed by atoms with Crippen LogP contribution in [0.4, 0.5) is 0 Å². The van der Waals surface area contributed by atoms with Crippen molar-refractivity contribution in [1.29, 1.82) is 0 Å². The lowest BCUT2D eigenvalue weighted by atomic mass is 9.61. The molecule has 122 valence electrons. The lowest BCUT2D eigenvalue weighted by Crippen LogP contribution is -2.69. The highest BCUT2D eigenvalue weighted by Crippen LogP contribution is 2.59. The molecule has 5 rings (SSSR count). The molecule has 5 fully saturated rings. The third kappa shape index (κ3) is 1.98. The summed E-state index contributed by atoms with van der Waals surface area (Å²) in [6.07, 6.45) is 9.84. The highest BCUT2D eigenvalue weighted by Gasteiger charge is 2.68. The molecule has 5 aliphatic rings. The Morgan fingerprint density at radius 3 is 2.95 bits per heavy atom. The van der Waals surface area contributed by atoms with E-state index in [1.165, 1.54) is 6.42 Å². The normalized spacial score (nSPS) is 53.4. The fourth-order valence-corrected chi connectivity index (χ4v) is 4.84. The molecule has 7 atom stereocenters. The van der Waals surface area contributed by atoms with Crippen molar-refractivity contribution in [3.63, 3.8) is 0 Å². The molecule has 22 heavy (non-hydrogen) atoms. The van der Waals surface area contributed by atoms with Gasteiger partial charge in [0.15, 0.2) is 18.2 Å². The Hall–Kier alpha value is -0.640. The first-order valence-electron chi connectivity index (χ1n) is 8.34. The van der Waals surface area contributed by atoms with E-state index in [1.54, 1.807) is 0 Å². The van der Waals surface area contributed by atoms with Crippen LogP contribution in [0.5, 0.6) is 0 Å². The Balaban J connectivity index is 1.70. The largest absolute Gasteiger partial charge is 0.340 e. The molecule has 2 bridgehead atoms. The summed E-state index contributed by atoms with van der Waals surface area (Å²) in [6, 6.07) is 0. The van der Waals surface area contributed by atoms with Crippen LogP contribution >= 0.6 is 0 Å². The monoisotopic (exact) mass is 308 g/mol. The molecule has 4 heterocycles. The Kier molecular flexibility index (Phi) is 3.52. The van der Waals surface area contributed by atoms with Gasteiger partial charge in [0.05, 0.1) is 0 Å². The van der Waals surface area contributed by atoms with Gasteiger partial charge in [0.1, 0.15) is 6.61 Å². The molecule has 5 nitrogen and oxygen atoms in total. The Labute approximate surface area is 131 Å². The zero-order chi connectivity index (χ0) is 15.4. The Morgan fingerprint density at radius 1 is 1.27 bits per heavy atom. The molecule has 5 heteroatoms. The van der Waals surface area contributed by atoms with Crippen molar-refractivity contribution in [2.75, 3.05) is 6.61 Å². The second-order valence-electron chi connectivity index (χ2n) is 7.26. The summed E-state index contributed by atoms with van der Waals surface area (Å²) in [6.45, 7) is 4.33. The van der Waals surface area contributed by atoms with Gasteiger partial charge in [-0.3, -0.25) is 0 Å². The molecule has 1 aliphatic carbocycles.